The summed E-state index contributed by atoms with van der Waals surface area (Å²) in [5, 5.41) is 3.57. The zero-order valence-electron chi connectivity index (χ0n) is 11.2. The second kappa shape index (κ2) is 6.07. The number of halogens is 2. The van der Waals surface area contributed by atoms with E-state index in [1.165, 1.54) is 6.07 Å². The average molecular weight is 353 g/mol. The normalized spacial score (nSPS) is 16.1. The molecular weight excluding hydrogens is 339 g/mol. The van der Waals surface area contributed by atoms with E-state index >= 15 is 0 Å². The number of carbonyl (C=O) groups excluding carboxylic acids is 1. The van der Waals surface area contributed by atoms with Gasteiger partial charge in [-0.25, -0.2) is 9.37 Å². The van der Waals surface area contributed by atoms with Crippen LogP contribution in [0.5, 0.6) is 0 Å². The number of pyridine rings is 1. The van der Waals surface area contributed by atoms with Gasteiger partial charge in [-0.15, -0.1) is 0 Å². The summed E-state index contributed by atoms with van der Waals surface area (Å²) in [6.07, 6.45) is 1.57. The highest BCUT2D eigenvalue weighted by atomic mass is 79.9. The Bertz CT molecular complexity index is 687. The summed E-state index contributed by atoms with van der Waals surface area (Å²) in [7, 11) is 0. The number of benzene rings is 1. The first-order valence-corrected chi connectivity index (χ1v) is 7.58. The van der Waals surface area contributed by atoms with Crippen LogP contribution in [-0.4, -0.2) is 30.1 Å². The minimum Gasteiger partial charge on any atom is -0.381 e. The van der Waals surface area contributed by atoms with Crippen LogP contribution >= 0.6 is 15.9 Å². The Morgan fingerprint density at radius 3 is 2.90 bits per heavy atom. The van der Waals surface area contributed by atoms with Gasteiger partial charge in [-0.05, 0) is 25.0 Å². The van der Waals surface area contributed by atoms with E-state index < -0.39 is 5.82 Å². The minimum atomic E-state index is -0.436. The Hall–Kier alpha value is -1.53. The van der Waals surface area contributed by atoms with E-state index in [0.29, 0.717) is 23.1 Å². The molecule has 1 aromatic heterocycles. The second-order valence-corrected chi connectivity index (χ2v) is 5.84. The monoisotopic (exact) mass is 352 g/mol. The quantitative estimate of drug-likeness (QED) is 0.903. The number of nitrogens with zero attached hydrogens (tertiary/aromatic N) is 1. The molecule has 1 aliphatic heterocycles. The number of hydrogen-bond donors (Lipinski definition) is 1. The fraction of sp³-hybridized carbons (Fsp3) is 0.333. The standard InChI is InChI=1S/C15H14BrFN2O2/c16-11-8-13(15(20)18-9-4-6-21-7-5-9)19-14-10(11)2-1-3-12(14)17/h1-3,8-9H,4-7H2,(H,18,20). The lowest BCUT2D eigenvalue weighted by Crippen LogP contribution is -2.39. The van der Waals surface area contributed by atoms with E-state index in [1.807, 2.05) is 0 Å². The summed E-state index contributed by atoms with van der Waals surface area (Å²) in [6, 6.07) is 6.42. The molecule has 2 heterocycles. The fourth-order valence-corrected chi connectivity index (χ4v) is 2.93. The van der Waals surface area contributed by atoms with E-state index in [2.05, 4.69) is 26.2 Å². The van der Waals surface area contributed by atoms with E-state index in [1.54, 1.807) is 18.2 Å². The van der Waals surface area contributed by atoms with Gasteiger partial charge in [-0.2, -0.15) is 0 Å². The molecule has 6 heteroatoms. The maximum atomic E-state index is 13.8. The van der Waals surface area contributed by atoms with Crippen LogP contribution in [0.2, 0.25) is 0 Å². The SMILES string of the molecule is O=C(NC1CCOCC1)c1cc(Br)c2cccc(F)c2n1. The number of hydrogen-bond acceptors (Lipinski definition) is 3. The molecule has 110 valence electrons. The molecule has 1 fully saturated rings. The van der Waals surface area contributed by atoms with Crippen LogP contribution in [0.4, 0.5) is 4.39 Å². The van der Waals surface area contributed by atoms with E-state index in [0.717, 1.165) is 12.8 Å². The van der Waals surface area contributed by atoms with Crippen LogP contribution in [0.3, 0.4) is 0 Å². The van der Waals surface area contributed by atoms with Crippen LogP contribution < -0.4 is 5.32 Å². The maximum Gasteiger partial charge on any atom is 0.270 e. The Morgan fingerprint density at radius 1 is 1.38 bits per heavy atom. The lowest BCUT2D eigenvalue weighted by molar-refractivity contribution is 0.0694. The molecule has 21 heavy (non-hydrogen) atoms. The molecule has 1 amide bonds. The van der Waals surface area contributed by atoms with Gasteiger partial charge in [0.2, 0.25) is 0 Å². The van der Waals surface area contributed by atoms with Gasteiger partial charge in [-0.1, -0.05) is 28.1 Å². The number of rotatable bonds is 2. The molecule has 3 rings (SSSR count). The third kappa shape index (κ3) is 3.06. The summed E-state index contributed by atoms with van der Waals surface area (Å²) in [6.45, 7) is 1.29. The van der Waals surface area contributed by atoms with Crippen molar-refractivity contribution >= 4 is 32.7 Å². The molecule has 0 saturated carbocycles. The molecule has 0 atom stereocenters. The highest BCUT2D eigenvalue weighted by Crippen LogP contribution is 2.25. The van der Waals surface area contributed by atoms with Gasteiger partial charge >= 0.3 is 0 Å². The van der Waals surface area contributed by atoms with Crippen LogP contribution in [0.15, 0.2) is 28.7 Å². The van der Waals surface area contributed by atoms with Crippen LogP contribution in [0.25, 0.3) is 10.9 Å². The number of nitrogens with one attached hydrogen (secondary N) is 1. The van der Waals surface area contributed by atoms with Crippen molar-refractivity contribution < 1.29 is 13.9 Å². The van der Waals surface area contributed by atoms with Crippen LogP contribution in [0.1, 0.15) is 23.3 Å². The number of amides is 1. The minimum absolute atomic E-state index is 0.0862. The van der Waals surface area contributed by atoms with Crippen molar-refractivity contribution in [3.05, 3.63) is 40.2 Å². The predicted octanol–water partition coefficient (Wildman–Crippen LogP) is 3.05. The lowest BCUT2D eigenvalue weighted by atomic mass is 10.1. The summed E-state index contributed by atoms with van der Waals surface area (Å²) >= 11 is 3.37. The topological polar surface area (TPSA) is 51.2 Å². The van der Waals surface area contributed by atoms with Gasteiger partial charge in [0.1, 0.15) is 17.0 Å². The molecule has 0 radical (unpaired) electrons. The summed E-state index contributed by atoms with van der Waals surface area (Å²) in [5.74, 6) is -0.721. The van der Waals surface area contributed by atoms with Gasteiger partial charge in [0.25, 0.3) is 5.91 Å². The van der Waals surface area contributed by atoms with Gasteiger partial charge in [0.15, 0.2) is 0 Å². The zero-order valence-corrected chi connectivity index (χ0v) is 12.8. The Balaban J connectivity index is 1.89. The van der Waals surface area contributed by atoms with E-state index in [4.69, 9.17) is 4.74 Å². The number of carbonyl (C=O) groups is 1. The first kappa shape index (κ1) is 14.4. The Morgan fingerprint density at radius 2 is 2.14 bits per heavy atom. The van der Waals surface area contributed by atoms with Crippen molar-refractivity contribution in [2.45, 2.75) is 18.9 Å². The van der Waals surface area contributed by atoms with Gasteiger partial charge in [0, 0.05) is 29.1 Å². The number of aromatic nitrogens is 1. The molecule has 1 aromatic carbocycles. The summed E-state index contributed by atoms with van der Waals surface area (Å²) < 4.78 is 19.7. The fourth-order valence-electron chi connectivity index (χ4n) is 2.39. The van der Waals surface area contributed by atoms with Gasteiger partial charge in [-0.3, -0.25) is 4.79 Å². The molecular formula is C15H14BrFN2O2. The highest BCUT2D eigenvalue weighted by molar-refractivity contribution is 9.10. The third-order valence-corrected chi connectivity index (χ3v) is 4.19. The molecule has 0 unspecified atom stereocenters. The van der Waals surface area contributed by atoms with Gasteiger partial charge in [0.05, 0.1) is 0 Å². The predicted molar refractivity (Wildman–Crippen MR) is 80.7 cm³/mol. The molecule has 1 saturated heterocycles. The zero-order chi connectivity index (χ0) is 14.8. The molecule has 1 aliphatic rings. The van der Waals surface area contributed by atoms with Crippen molar-refractivity contribution in [1.29, 1.82) is 0 Å². The van der Waals surface area contributed by atoms with Crippen molar-refractivity contribution in [1.82, 2.24) is 10.3 Å². The average Bonchev–Trinajstić information content (AvgIpc) is 2.49. The van der Waals surface area contributed by atoms with Crippen molar-refractivity contribution in [3.8, 4) is 0 Å². The highest BCUT2D eigenvalue weighted by Gasteiger charge is 2.19. The first-order valence-electron chi connectivity index (χ1n) is 6.78. The molecule has 0 aliphatic carbocycles. The molecule has 0 spiro atoms. The Labute approximate surface area is 129 Å². The first-order chi connectivity index (χ1) is 10.1. The van der Waals surface area contributed by atoms with E-state index in [9.17, 15) is 9.18 Å². The summed E-state index contributed by atoms with van der Waals surface area (Å²) in [5.41, 5.74) is 0.412. The summed E-state index contributed by atoms with van der Waals surface area (Å²) in [4.78, 5) is 16.4. The number of ether oxygens (including phenoxy) is 1. The van der Waals surface area contributed by atoms with Crippen molar-refractivity contribution in [2.75, 3.05) is 13.2 Å². The molecule has 2 aromatic rings. The largest absolute Gasteiger partial charge is 0.381 e. The van der Waals surface area contributed by atoms with E-state index in [-0.39, 0.29) is 23.2 Å². The third-order valence-electron chi connectivity index (χ3n) is 3.53. The Kier molecular flexibility index (Phi) is 4.17. The number of para-hydroxylation sites is 1. The maximum absolute atomic E-state index is 13.8. The molecule has 4 nitrogen and oxygen atoms in total. The smallest absolute Gasteiger partial charge is 0.270 e. The second-order valence-electron chi connectivity index (χ2n) is 4.99. The number of fused-ring (bicyclic) bond motifs is 1. The lowest BCUT2D eigenvalue weighted by Gasteiger charge is -2.23. The van der Waals surface area contributed by atoms with Gasteiger partial charge < -0.3 is 10.1 Å². The molecule has 1 N–H and O–H groups in total. The van der Waals surface area contributed by atoms with Crippen molar-refractivity contribution in [3.63, 3.8) is 0 Å². The van der Waals surface area contributed by atoms with Crippen molar-refractivity contribution in [2.24, 2.45) is 0 Å². The molecule has 0 bridgehead atoms. The van der Waals surface area contributed by atoms with Crippen LogP contribution in [-0.2, 0) is 4.74 Å². The van der Waals surface area contributed by atoms with Crippen LogP contribution in [0, 0.1) is 5.82 Å².